The number of carbonyl (C=O) groups excluding carboxylic acids is 1. The van der Waals surface area contributed by atoms with Gasteiger partial charge in [-0.15, -0.1) is 0 Å². The molecule has 0 aliphatic heterocycles. The average Bonchev–Trinajstić information content (AvgIpc) is 1.63. The van der Waals surface area contributed by atoms with E-state index in [4.69, 9.17) is 0 Å². The summed E-state index contributed by atoms with van der Waals surface area (Å²) in [6.45, 7) is 7.62. The molecule has 0 spiro atoms. The molecular weight excluding hydrogens is 112 g/mol. The number of hydrogen-bond donors (Lipinski definition) is 0. The minimum Gasteiger partial charge on any atom is -0.300 e. The summed E-state index contributed by atoms with van der Waals surface area (Å²) >= 11 is 0. The smallest absolute Gasteiger partial charge is 0.133 e. The van der Waals surface area contributed by atoms with E-state index < -0.39 is 0 Å². The highest BCUT2D eigenvalue weighted by molar-refractivity contribution is 5.82. The second-order valence-electron chi connectivity index (χ2n) is 2.82. The lowest BCUT2D eigenvalue weighted by molar-refractivity contribution is -0.115. The Morgan fingerprint density at radius 3 is 2.44 bits per heavy atom. The summed E-state index contributed by atoms with van der Waals surface area (Å²) in [6.07, 6.45) is 2.79. The summed E-state index contributed by atoms with van der Waals surface area (Å²) in [5, 5.41) is 0. The van der Waals surface area contributed by atoms with E-state index in [2.05, 4.69) is 20.8 Å². The maximum Gasteiger partial charge on any atom is 0.133 e. The molecule has 0 aliphatic rings. The molecule has 0 rings (SSSR count). The van der Waals surface area contributed by atoms with Gasteiger partial charge < -0.3 is 0 Å². The summed E-state index contributed by atoms with van der Waals surface area (Å²) in [6, 6.07) is 0. The summed E-state index contributed by atoms with van der Waals surface area (Å²) < 4.78 is 0. The first-order valence-electron chi connectivity index (χ1n) is 3.47. The molecule has 1 heteroatoms. The minimum absolute atomic E-state index is 0.0654. The molecule has 0 saturated carbocycles. The van der Waals surface area contributed by atoms with Crippen molar-refractivity contribution < 1.29 is 4.79 Å². The Labute approximate surface area is 57.5 Å². The second kappa shape index (κ2) is 4.54. The Morgan fingerprint density at radius 1 is 1.56 bits per heavy atom. The van der Waals surface area contributed by atoms with Gasteiger partial charge in [0.15, 0.2) is 0 Å². The zero-order valence-corrected chi connectivity index (χ0v) is 6.31. The topological polar surface area (TPSA) is 17.1 Å². The predicted octanol–water partition coefficient (Wildman–Crippen LogP) is 2.22. The van der Waals surface area contributed by atoms with Crippen LogP contribution in [0.1, 0.15) is 33.1 Å². The van der Waals surface area contributed by atoms with Crippen LogP contribution in [0.5, 0.6) is 0 Å². The van der Waals surface area contributed by atoms with Crippen LogP contribution in [0.25, 0.3) is 0 Å². The molecule has 0 atom stereocenters. The van der Waals surface area contributed by atoms with Gasteiger partial charge in [-0.1, -0.05) is 20.3 Å². The Kier molecular flexibility index (Phi) is 4.37. The molecule has 0 fully saturated rings. The van der Waals surface area contributed by atoms with Gasteiger partial charge in [-0.05, 0) is 12.3 Å². The van der Waals surface area contributed by atoms with Gasteiger partial charge in [-0.3, -0.25) is 4.79 Å². The number of hydrogen-bond acceptors (Lipinski definition) is 1. The van der Waals surface area contributed by atoms with E-state index in [0.29, 0.717) is 12.3 Å². The third kappa shape index (κ3) is 7.67. The first-order valence-corrected chi connectivity index (χ1v) is 3.47. The van der Waals surface area contributed by atoms with Gasteiger partial charge in [0.1, 0.15) is 5.78 Å². The summed E-state index contributed by atoms with van der Waals surface area (Å²) in [5.41, 5.74) is 0. The van der Waals surface area contributed by atoms with E-state index in [9.17, 15) is 4.79 Å². The monoisotopic (exact) mass is 127 g/mol. The molecule has 0 saturated heterocycles. The molecule has 1 radical (unpaired) electrons. The molecule has 0 aromatic heterocycles. The van der Waals surface area contributed by atoms with Crippen molar-refractivity contribution in [2.45, 2.75) is 33.1 Å². The third-order valence-corrected chi connectivity index (χ3v) is 1.24. The van der Waals surface area contributed by atoms with Gasteiger partial charge in [-0.2, -0.15) is 0 Å². The summed E-state index contributed by atoms with van der Waals surface area (Å²) in [7, 11) is 0. The van der Waals surface area contributed by atoms with E-state index in [0.717, 1.165) is 12.8 Å². The fourth-order valence-electron chi connectivity index (χ4n) is 0.707. The lowest BCUT2D eigenvalue weighted by atomic mass is 10.1. The van der Waals surface area contributed by atoms with Crippen LogP contribution in [0.2, 0.25) is 0 Å². The first-order chi connectivity index (χ1) is 4.13. The number of Topliss-reactive ketones (excluding diaryl/α,β-unsaturated/α-hetero) is 1. The molecule has 1 nitrogen and oxygen atoms in total. The van der Waals surface area contributed by atoms with Crippen LogP contribution < -0.4 is 0 Å². The van der Waals surface area contributed by atoms with Gasteiger partial charge in [0.2, 0.25) is 0 Å². The van der Waals surface area contributed by atoms with Crippen molar-refractivity contribution in [3.05, 3.63) is 6.92 Å². The first kappa shape index (κ1) is 8.67. The van der Waals surface area contributed by atoms with Crippen LogP contribution in [0, 0.1) is 12.8 Å². The molecule has 9 heavy (non-hydrogen) atoms. The van der Waals surface area contributed by atoms with Crippen LogP contribution in [-0.2, 0) is 4.79 Å². The molecule has 0 aromatic carbocycles. The number of ketones is 1. The van der Waals surface area contributed by atoms with Gasteiger partial charge >= 0.3 is 0 Å². The number of rotatable bonds is 4. The Hall–Kier alpha value is -0.330. The van der Waals surface area contributed by atoms with Crippen molar-refractivity contribution in [3.63, 3.8) is 0 Å². The Morgan fingerprint density at radius 2 is 2.11 bits per heavy atom. The number of carbonyl (C=O) groups is 1. The molecular formula is C8H15O. The largest absolute Gasteiger partial charge is 0.300 e. The van der Waals surface area contributed by atoms with Crippen LogP contribution in [0.4, 0.5) is 0 Å². The van der Waals surface area contributed by atoms with Gasteiger partial charge in [0.05, 0.1) is 0 Å². The zero-order valence-electron chi connectivity index (χ0n) is 6.31. The average molecular weight is 127 g/mol. The SMILES string of the molecule is [CH2]C(=O)CCCC(C)C. The summed E-state index contributed by atoms with van der Waals surface area (Å²) in [5.74, 6) is 0.778. The molecule has 0 amide bonds. The van der Waals surface area contributed by atoms with Gasteiger partial charge in [0.25, 0.3) is 0 Å². The molecule has 0 heterocycles. The minimum atomic E-state index is 0.0654. The van der Waals surface area contributed by atoms with E-state index in [1.165, 1.54) is 0 Å². The molecule has 53 valence electrons. The molecule has 0 N–H and O–H groups in total. The fourth-order valence-corrected chi connectivity index (χ4v) is 0.707. The van der Waals surface area contributed by atoms with Gasteiger partial charge in [-0.25, -0.2) is 0 Å². The van der Waals surface area contributed by atoms with Crippen molar-refractivity contribution in [2.24, 2.45) is 5.92 Å². The lowest BCUT2D eigenvalue weighted by Crippen LogP contribution is -1.92. The highest BCUT2D eigenvalue weighted by Gasteiger charge is 1.95. The van der Waals surface area contributed by atoms with E-state index in [1.807, 2.05) is 0 Å². The molecule has 0 aliphatic carbocycles. The highest BCUT2D eigenvalue weighted by atomic mass is 16.1. The quantitative estimate of drug-likeness (QED) is 0.566. The van der Waals surface area contributed by atoms with Crippen molar-refractivity contribution in [2.75, 3.05) is 0 Å². The van der Waals surface area contributed by atoms with Crippen molar-refractivity contribution in [1.29, 1.82) is 0 Å². The second-order valence-corrected chi connectivity index (χ2v) is 2.82. The lowest BCUT2D eigenvalue weighted by Gasteiger charge is -2.00. The van der Waals surface area contributed by atoms with Crippen LogP contribution in [0.3, 0.4) is 0 Å². The maximum absolute atomic E-state index is 10.3. The molecule has 0 bridgehead atoms. The Balaban J connectivity index is 3.01. The predicted molar refractivity (Wildman–Crippen MR) is 39.1 cm³/mol. The third-order valence-electron chi connectivity index (χ3n) is 1.24. The van der Waals surface area contributed by atoms with Crippen molar-refractivity contribution in [3.8, 4) is 0 Å². The fraction of sp³-hybridized carbons (Fsp3) is 0.750. The summed E-state index contributed by atoms with van der Waals surface area (Å²) in [4.78, 5) is 10.3. The van der Waals surface area contributed by atoms with Crippen LogP contribution >= 0.6 is 0 Å². The van der Waals surface area contributed by atoms with Crippen LogP contribution in [0.15, 0.2) is 0 Å². The van der Waals surface area contributed by atoms with E-state index in [1.54, 1.807) is 0 Å². The van der Waals surface area contributed by atoms with E-state index in [-0.39, 0.29) is 5.78 Å². The van der Waals surface area contributed by atoms with Crippen molar-refractivity contribution >= 4 is 5.78 Å². The molecule has 0 unspecified atom stereocenters. The van der Waals surface area contributed by atoms with Gasteiger partial charge in [0, 0.05) is 13.3 Å². The zero-order chi connectivity index (χ0) is 7.28. The Bertz CT molecular complexity index is 84.6. The van der Waals surface area contributed by atoms with Crippen molar-refractivity contribution in [1.82, 2.24) is 0 Å². The standard InChI is InChI=1S/C8H15O/c1-7(2)5-4-6-8(3)9/h7H,3-6H2,1-2H3. The van der Waals surface area contributed by atoms with E-state index >= 15 is 0 Å². The van der Waals surface area contributed by atoms with Crippen LogP contribution in [-0.4, -0.2) is 5.78 Å². The highest BCUT2D eigenvalue weighted by Crippen LogP contribution is 2.05. The maximum atomic E-state index is 10.3. The molecule has 0 aromatic rings. The normalized spacial score (nSPS) is 10.2.